The van der Waals surface area contributed by atoms with Gasteiger partial charge in [0.2, 0.25) is 0 Å². The maximum atomic E-state index is 11.9. The average Bonchev–Trinajstić information content (AvgIpc) is 2.40. The number of hydrogen-bond donors (Lipinski definition) is 1. The summed E-state index contributed by atoms with van der Waals surface area (Å²) in [6.07, 6.45) is 2.78. The molecule has 3 nitrogen and oxygen atoms in total. The van der Waals surface area contributed by atoms with Gasteiger partial charge in [-0.2, -0.15) is 0 Å². The van der Waals surface area contributed by atoms with Gasteiger partial charge in [-0.3, -0.25) is 4.79 Å². The quantitative estimate of drug-likeness (QED) is 0.772. The van der Waals surface area contributed by atoms with Crippen LogP contribution >= 0.6 is 11.6 Å². The van der Waals surface area contributed by atoms with Crippen molar-refractivity contribution in [3.8, 4) is 5.75 Å². The van der Waals surface area contributed by atoms with Crippen molar-refractivity contribution >= 4 is 17.5 Å². The summed E-state index contributed by atoms with van der Waals surface area (Å²) in [5.74, 6) is 0.604. The maximum absolute atomic E-state index is 11.9. The zero-order valence-corrected chi connectivity index (χ0v) is 13.5. The molecule has 0 unspecified atom stereocenters. The van der Waals surface area contributed by atoms with E-state index in [1.165, 1.54) is 0 Å². The number of nitrogens with one attached hydrogen (secondary N) is 1. The molecule has 0 aromatic heterocycles. The Kier molecular flexibility index (Phi) is 6.86. The molecular formula is C16H24ClNO2. The normalized spacial score (nSPS) is 12.1. The first kappa shape index (κ1) is 16.8. The second-order valence-corrected chi connectivity index (χ2v) is 5.51. The number of aryl methyl sites for hydroxylation is 2. The molecule has 1 aromatic carbocycles. The summed E-state index contributed by atoms with van der Waals surface area (Å²) in [5.41, 5.74) is 1.91. The largest absolute Gasteiger partial charge is 0.481 e. The van der Waals surface area contributed by atoms with Gasteiger partial charge in [-0.05, 0) is 50.5 Å². The molecule has 1 amide bonds. The van der Waals surface area contributed by atoms with Crippen molar-refractivity contribution in [1.82, 2.24) is 5.32 Å². The Bertz CT molecular complexity index is 437. The van der Waals surface area contributed by atoms with Crippen LogP contribution in [0.3, 0.4) is 0 Å². The Labute approximate surface area is 126 Å². The highest BCUT2D eigenvalue weighted by molar-refractivity contribution is 6.32. The molecule has 1 N–H and O–H groups in total. The third kappa shape index (κ3) is 5.04. The number of amides is 1. The molecule has 1 rings (SSSR count). The molecule has 4 heteroatoms. The van der Waals surface area contributed by atoms with Gasteiger partial charge in [0, 0.05) is 11.6 Å². The number of carbonyl (C=O) groups is 1. The lowest BCUT2D eigenvalue weighted by molar-refractivity contribution is -0.127. The predicted molar refractivity (Wildman–Crippen MR) is 83.6 cm³/mol. The highest BCUT2D eigenvalue weighted by atomic mass is 35.5. The summed E-state index contributed by atoms with van der Waals surface area (Å²) in [7, 11) is 0. The zero-order chi connectivity index (χ0) is 15.1. The van der Waals surface area contributed by atoms with Crippen molar-refractivity contribution < 1.29 is 9.53 Å². The molecular weight excluding hydrogens is 274 g/mol. The number of rotatable bonds is 7. The van der Waals surface area contributed by atoms with Gasteiger partial charge in [-0.25, -0.2) is 0 Å². The van der Waals surface area contributed by atoms with Crippen LogP contribution in [-0.2, 0) is 4.79 Å². The van der Waals surface area contributed by atoms with Crippen LogP contribution in [0.5, 0.6) is 5.75 Å². The second kappa shape index (κ2) is 8.15. The summed E-state index contributed by atoms with van der Waals surface area (Å²) in [6, 6.07) is 3.71. The van der Waals surface area contributed by atoms with E-state index in [0.717, 1.165) is 35.4 Å². The Hall–Kier alpha value is -1.22. The van der Waals surface area contributed by atoms with Crippen LogP contribution in [0, 0.1) is 13.8 Å². The number of unbranched alkanes of at least 4 members (excludes halogenated alkanes) is 2. The van der Waals surface area contributed by atoms with Crippen LogP contribution in [0.4, 0.5) is 0 Å². The molecule has 0 bridgehead atoms. The lowest BCUT2D eigenvalue weighted by Gasteiger charge is -2.16. The number of benzene rings is 1. The molecule has 0 heterocycles. The fourth-order valence-corrected chi connectivity index (χ4v) is 2.07. The number of halogens is 1. The van der Waals surface area contributed by atoms with Gasteiger partial charge in [-0.15, -0.1) is 0 Å². The van der Waals surface area contributed by atoms with E-state index < -0.39 is 6.10 Å². The Morgan fingerprint density at radius 2 is 1.90 bits per heavy atom. The van der Waals surface area contributed by atoms with Gasteiger partial charge in [0.05, 0.1) is 0 Å². The van der Waals surface area contributed by atoms with Gasteiger partial charge in [0.1, 0.15) is 5.75 Å². The Morgan fingerprint density at radius 3 is 2.45 bits per heavy atom. The average molecular weight is 298 g/mol. The highest BCUT2D eigenvalue weighted by Gasteiger charge is 2.14. The fraction of sp³-hybridized carbons (Fsp3) is 0.562. The zero-order valence-electron chi connectivity index (χ0n) is 12.8. The van der Waals surface area contributed by atoms with Crippen molar-refractivity contribution in [1.29, 1.82) is 0 Å². The van der Waals surface area contributed by atoms with E-state index in [4.69, 9.17) is 16.3 Å². The van der Waals surface area contributed by atoms with E-state index in [0.29, 0.717) is 12.3 Å². The van der Waals surface area contributed by atoms with Crippen molar-refractivity contribution in [2.75, 3.05) is 6.54 Å². The van der Waals surface area contributed by atoms with Crippen molar-refractivity contribution in [2.45, 2.75) is 53.1 Å². The molecule has 0 aliphatic rings. The summed E-state index contributed by atoms with van der Waals surface area (Å²) < 4.78 is 5.68. The SMILES string of the molecule is CCCCCNC(=O)[C@@H](C)Oc1cc(C)c(Cl)c(C)c1. The minimum absolute atomic E-state index is 0.0774. The Balaban J connectivity index is 2.53. The van der Waals surface area contributed by atoms with E-state index >= 15 is 0 Å². The third-order valence-corrected chi connectivity index (χ3v) is 3.77. The molecule has 0 fully saturated rings. The summed E-state index contributed by atoms with van der Waals surface area (Å²) in [4.78, 5) is 11.9. The smallest absolute Gasteiger partial charge is 0.260 e. The van der Waals surface area contributed by atoms with E-state index in [1.807, 2.05) is 26.0 Å². The standard InChI is InChI=1S/C16H24ClNO2/c1-5-6-7-8-18-16(19)13(4)20-14-9-11(2)15(17)12(3)10-14/h9-10,13H,5-8H2,1-4H3,(H,18,19)/t13-/m1/s1. The monoisotopic (exact) mass is 297 g/mol. The molecule has 1 aromatic rings. The predicted octanol–water partition coefficient (Wildman–Crippen LogP) is 4.03. The molecule has 0 radical (unpaired) electrons. The van der Waals surface area contributed by atoms with E-state index in [1.54, 1.807) is 6.92 Å². The van der Waals surface area contributed by atoms with Gasteiger partial charge in [0.15, 0.2) is 6.10 Å². The minimum atomic E-state index is -0.503. The molecule has 0 saturated heterocycles. The first-order valence-electron chi connectivity index (χ1n) is 7.16. The van der Waals surface area contributed by atoms with Crippen molar-refractivity contribution in [3.05, 3.63) is 28.3 Å². The van der Waals surface area contributed by atoms with E-state index in [-0.39, 0.29) is 5.91 Å². The lowest BCUT2D eigenvalue weighted by atomic mass is 10.1. The molecule has 0 saturated carbocycles. The molecule has 0 spiro atoms. The molecule has 0 aliphatic carbocycles. The van der Waals surface area contributed by atoms with Crippen LogP contribution in [-0.4, -0.2) is 18.6 Å². The Morgan fingerprint density at radius 1 is 1.30 bits per heavy atom. The minimum Gasteiger partial charge on any atom is -0.481 e. The van der Waals surface area contributed by atoms with Crippen LogP contribution in [0.25, 0.3) is 0 Å². The van der Waals surface area contributed by atoms with Gasteiger partial charge < -0.3 is 10.1 Å². The van der Waals surface area contributed by atoms with Gasteiger partial charge in [-0.1, -0.05) is 31.4 Å². The van der Waals surface area contributed by atoms with Crippen LogP contribution in [0.2, 0.25) is 5.02 Å². The van der Waals surface area contributed by atoms with Crippen LogP contribution in [0.1, 0.15) is 44.2 Å². The first-order valence-corrected chi connectivity index (χ1v) is 7.54. The third-order valence-electron chi connectivity index (χ3n) is 3.17. The topological polar surface area (TPSA) is 38.3 Å². The van der Waals surface area contributed by atoms with Gasteiger partial charge >= 0.3 is 0 Å². The summed E-state index contributed by atoms with van der Waals surface area (Å²) in [6.45, 7) is 8.46. The van der Waals surface area contributed by atoms with Crippen molar-refractivity contribution in [3.63, 3.8) is 0 Å². The maximum Gasteiger partial charge on any atom is 0.260 e. The van der Waals surface area contributed by atoms with E-state index in [9.17, 15) is 4.79 Å². The van der Waals surface area contributed by atoms with Crippen molar-refractivity contribution in [2.24, 2.45) is 0 Å². The van der Waals surface area contributed by atoms with Crippen LogP contribution < -0.4 is 10.1 Å². The van der Waals surface area contributed by atoms with Crippen LogP contribution in [0.15, 0.2) is 12.1 Å². The summed E-state index contributed by atoms with van der Waals surface area (Å²) in [5, 5.41) is 3.63. The fourth-order valence-electron chi connectivity index (χ4n) is 1.96. The van der Waals surface area contributed by atoms with Gasteiger partial charge in [0.25, 0.3) is 5.91 Å². The molecule has 20 heavy (non-hydrogen) atoms. The summed E-state index contributed by atoms with van der Waals surface area (Å²) >= 11 is 6.11. The lowest BCUT2D eigenvalue weighted by Crippen LogP contribution is -2.36. The first-order chi connectivity index (χ1) is 9.45. The molecule has 0 aliphatic heterocycles. The molecule has 1 atom stereocenters. The number of ether oxygens (including phenoxy) is 1. The highest BCUT2D eigenvalue weighted by Crippen LogP contribution is 2.26. The van der Waals surface area contributed by atoms with E-state index in [2.05, 4.69) is 12.2 Å². The second-order valence-electron chi connectivity index (χ2n) is 5.13. The number of hydrogen-bond acceptors (Lipinski definition) is 2. The molecule has 112 valence electrons. The number of carbonyl (C=O) groups excluding carboxylic acids is 1.